The Kier molecular flexibility index (Phi) is 3.95. The van der Waals surface area contributed by atoms with Gasteiger partial charge in [0, 0.05) is 0 Å². The molecule has 1 aliphatic rings. The molecule has 2 rings (SSSR count). The van der Waals surface area contributed by atoms with Crippen molar-refractivity contribution in [2.45, 2.75) is 45.1 Å². The topological polar surface area (TPSA) is 57.5 Å². The van der Waals surface area contributed by atoms with Crippen LogP contribution in [0.4, 0.5) is 0 Å². The van der Waals surface area contributed by atoms with Crippen molar-refractivity contribution >= 4 is 5.97 Å². The molecule has 0 aliphatic heterocycles. The molecule has 1 atom stereocenters. The van der Waals surface area contributed by atoms with E-state index in [2.05, 4.69) is 0 Å². The van der Waals surface area contributed by atoms with Crippen LogP contribution in [0.3, 0.4) is 0 Å². The summed E-state index contributed by atoms with van der Waals surface area (Å²) in [7, 11) is 0. The van der Waals surface area contributed by atoms with Crippen LogP contribution in [0.25, 0.3) is 0 Å². The lowest BCUT2D eigenvalue weighted by Crippen LogP contribution is -2.35. The lowest BCUT2D eigenvalue weighted by atomic mass is 9.71. The van der Waals surface area contributed by atoms with Gasteiger partial charge < -0.3 is 10.2 Å². The summed E-state index contributed by atoms with van der Waals surface area (Å²) in [5.41, 5.74) is 1.24. The first kappa shape index (κ1) is 14.1. The normalized spacial score (nSPS) is 26.7. The van der Waals surface area contributed by atoms with E-state index in [1.54, 1.807) is 0 Å². The van der Waals surface area contributed by atoms with Crippen LogP contribution >= 0.6 is 0 Å². The Labute approximate surface area is 114 Å². The molecule has 3 heteroatoms. The standard InChI is InChI=1S/C16H22O3/c1-11-3-7-13(8-4-11)16(2,19)14-9-5-12(6-10-14)15(17)18/h3-4,7-8,12,14,19H,5-6,9-10H2,1-2H3,(H,17,18). The van der Waals surface area contributed by atoms with Crippen LogP contribution in [-0.4, -0.2) is 16.2 Å². The van der Waals surface area contributed by atoms with Gasteiger partial charge in [0.2, 0.25) is 0 Å². The smallest absolute Gasteiger partial charge is 0.306 e. The van der Waals surface area contributed by atoms with Gasteiger partial charge in [-0.2, -0.15) is 0 Å². The fraction of sp³-hybridized carbons (Fsp3) is 0.562. The molecule has 0 bridgehead atoms. The fourth-order valence-electron chi connectivity index (χ4n) is 3.03. The third-order valence-electron chi connectivity index (χ3n) is 4.51. The zero-order chi connectivity index (χ0) is 14.0. The van der Waals surface area contributed by atoms with E-state index in [4.69, 9.17) is 5.11 Å². The predicted molar refractivity (Wildman–Crippen MR) is 73.8 cm³/mol. The Bertz CT molecular complexity index is 440. The summed E-state index contributed by atoms with van der Waals surface area (Å²) in [6, 6.07) is 7.95. The third-order valence-corrected chi connectivity index (χ3v) is 4.51. The Morgan fingerprint density at radius 2 is 1.68 bits per heavy atom. The van der Waals surface area contributed by atoms with Crippen molar-refractivity contribution in [2.24, 2.45) is 11.8 Å². The molecule has 1 aliphatic carbocycles. The zero-order valence-corrected chi connectivity index (χ0v) is 11.6. The molecule has 2 N–H and O–H groups in total. The van der Waals surface area contributed by atoms with Gasteiger partial charge in [-0.15, -0.1) is 0 Å². The first-order valence-electron chi connectivity index (χ1n) is 6.93. The van der Waals surface area contributed by atoms with Crippen molar-refractivity contribution in [3.8, 4) is 0 Å². The highest BCUT2D eigenvalue weighted by Gasteiger charge is 2.37. The summed E-state index contributed by atoms with van der Waals surface area (Å²) in [6.45, 7) is 3.87. The largest absolute Gasteiger partial charge is 0.481 e. The van der Waals surface area contributed by atoms with Crippen LogP contribution in [0.2, 0.25) is 0 Å². The molecule has 1 fully saturated rings. The highest BCUT2D eigenvalue weighted by molar-refractivity contribution is 5.70. The molecule has 1 unspecified atom stereocenters. The molecular weight excluding hydrogens is 240 g/mol. The maximum absolute atomic E-state index is 11.0. The van der Waals surface area contributed by atoms with Gasteiger partial charge in [-0.3, -0.25) is 4.79 Å². The molecule has 0 saturated heterocycles. The monoisotopic (exact) mass is 262 g/mol. The summed E-state index contributed by atoms with van der Waals surface area (Å²) in [4.78, 5) is 11.0. The van der Waals surface area contributed by atoms with Gasteiger partial charge in [-0.1, -0.05) is 29.8 Å². The lowest BCUT2D eigenvalue weighted by Gasteiger charge is -2.37. The number of hydrogen-bond acceptors (Lipinski definition) is 2. The van der Waals surface area contributed by atoms with E-state index in [0.29, 0.717) is 12.8 Å². The number of carboxylic acid groups (broad SMARTS) is 1. The molecule has 0 heterocycles. The minimum atomic E-state index is -0.864. The number of hydrogen-bond donors (Lipinski definition) is 2. The van der Waals surface area contributed by atoms with E-state index in [0.717, 1.165) is 18.4 Å². The van der Waals surface area contributed by atoms with Gasteiger partial charge in [-0.05, 0) is 51.0 Å². The average molecular weight is 262 g/mol. The predicted octanol–water partition coefficient (Wildman–Crippen LogP) is 3.09. The minimum absolute atomic E-state index is 0.144. The minimum Gasteiger partial charge on any atom is -0.481 e. The summed E-state index contributed by atoms with van der Waals surface area (Å²) >= 11 is 0. The molecule has 0 amide bonds. The Hall–Kier alpha value is -1.35. The summed E-state index contributed by atoms with van der Waals surface area (Å²) in [5.74, 6) is -0.788. The van der Waals surface area contributed by atoms with Crippen LogP contribution in [0.5, 0.6) is 0 Å². The van der Waals surface area contributed by atoms with Crippen molar-refractivity contribution in [3.63, 3.8) is 0 Å². The molecule has 1 saturated carbocycles. The average Bonchev–Trinajstić information content (AvgIpc) is 2.39. The second-order valence-corrected chi connectivity index (χ2v) is 5.90. The molecular formula is C16H22O3. The van der Waals surface area contributed by atoms with Gasteiger partial charge in [0.25, 0.3) is 0 Å². The summed E-state index contributed by atoms with van der Waals surface area (Å²) in [6.07, 6.45) is 2.89. The molecule has 19 heavy (non-hydrogen) atoms. The van der Waals surface area contributed by atoms with Crippen molar-refractivity contribution in [2.75, 3.05) is 0 Å². The molecule has 3 nitrogen and oxygen atoms in total. The van der Waals surface area contributed by atoms with Crippen LogP contribution in [0.1, 0.15) is 43.7 Å². The lowest BCUT2D eigenvalue weighted by molar-refractivity contribution is -0.144. The maximum Gasteiger partial charge on any atom is 0.306 e. The second-order valence-electron chi connectivity index (χ2n) is 5.90. The van der Waals surface area contributed by atoms with Crippen molar-refractivity contribution in [1.29, 1.82) is 0 Å². The first-order chi connectivity index (χ1) is 8.91. The van der Waals surface area contributed by atoms with E-state index >= 15 is 0 Å². The molecule has 0 aromatic heterocycles. The van der Waals surface area contributed by atoms with Crippen molar-refractivity contribution < 1.29 is 15.0 Å². The van der Waals surface area contributed by atoms with Gasteiger partial charge in [0.05, 0.1) is 11.5 Å². The van der Waals surface area contributed by atoms with Gasteiger partial charge >= 0.3 is 5.97 Å². The molecule has 1 aromatic rings. The summed E-state index contributed by atoms with van der Waals surface area (Å²) < 4.78 is 0. The van der Waals surface area contributed by atoms with Crippen LogP contribution in [-0.2, 0) is 10.4 Å². The van der Waals surface area contributed by atoms with Gasteiger partial charge in [0.1, 0.15) is 0 Å². The van der Waals surface area contributed by atoms with Crippen LogP contribution in [0.15, 0.2) is 24.3 Å². The van der Waals surface area contributed by atoms with Gasteiger partial charge in [0.15, 0.2) is 0 Å². The number of aryl methyl sites for hydroxylation is 1. The SMILES string of the molecule is Cc1ccc(C(C)(O)C2CCC(C(=O)O)CC2)cc1. The number of benzene rings is 1. The maximum atomic E-state index is 11.0. The molecule has 104 valence electrons. The fourth-order valence-corrected chi connectivity index (χ4v) is 3.03. The first-order valence-corrected chi connectivity index (χ1v) is 6.93. The van der Waals surface area contributed by atoms with Crippen LogP contribution in [0, 0.1) is 18.8 Å². The van der Waals surface area contributed by atoms with Crippen molar-refractivity contribution in [3.05, 3.63) is 35.4 Å². The number of aliphatic carboxylic acids is 1. The number of carbonyl (C=O) groups is 1. The quantitative estimate of drug-likeness (QED) is 0.880. The van der Waals surface area contributed by atoms with Gasteiger partial charge in [-0.25, -0.2) is 0 Å². The van der Waals surface area contributed by atoms with E-state index in [1.165, 1.54) is 5.56 Å². The van der Waals surface area contributed by atoms with E-state index in [-0.39, 0.29) is 11.8 Å². The Morgan fingerprint density at radius 3 is 2.16 bits per heavy atom. The third kappa shape index (κ3) is 2.98. The van der Waals surface area contributed by atoms with E-state index < -0.39 is 11.6 Å². The van der Waals surface area contributed by atoms with E-state index in [9.17, 15) is 9.90 Å². The highest BCUT2D eigenvalue weighted by atomic mass is 16.4. The highest BCUT2D eigenvalue weighted by Crippen LogP contribution is 2.40. The second kappa shape index (κ2) is 5.33. The summed E-state index contributed by atoms with van der Waals surface area (Å²) in [5, 5.41) is 19.8. The van der Waals surface area contributed by atoms with Crippen LogP contribution < -0.4 is 0 Å². The Morgan fingerprint density at radius 1 is 1.16 bits per heavy atom. The molecule has 1 aromatic carbocycles. The molecule has 0 spiro atoms. The van der Waals surface area contributed by atoms with E-state index in [1.807, 2.05) is 38.1 Å². The zero-order valence-electron chi connectivity index (χ0n) is 11.6. The number of aliphatic hydroxyl groups is 1. The number of carboxylic acids is 1. The number of rotatable bonds is 3. The Balaban J connectivity index is 2.09. The van der Waals surface area contributed by atoms with Crippen molar-refractivity contribution in [1.82, 2.24) is 0 Å². The molecule has 0 radical (unpaired) electrons.